The van der Waals surface area contributed by atoms with Crippen LogP contribution in [0.25, 0.3) is 0 Å². The maximum absolute atomic E-state index is 4.36. The zero-order valence-electron chi connectivity index (χ0n) is 14.8. The minimum Gasteiger partial charge on any atom is -0.355 e. The molecule has 1 fully saturated rings. The fourth-order valence-corrected chi connectivity index (χ4v) is 3.88. The van der Waals surface area contributed by atoms with E-state index >= 15 is 0 Å². The number of nitrogens with zero attached hydrogens (tertiary/aromatic N) is 2. The number of nitrogens with one attached hydrogen (secondary N) is 2. The average molecular weight is 450 g/mol. The van der Waals surface area contributed by atoms with Gasteiger partial charge in [-0.05, 0) is 55.8 Å². The lowest BCUT2D eigenvalue weighted by Gasteiger charge is -2.31. The zero-order chi connectivity index (χ0) is 15.9. The third-order valence-corrected chi connectivity index (χ3v) is 5.49. The summed E-state index contributed by atoms with van der Waals surface area (Å²) in [6.45, 7) is 11.1. The van der Waals surface area contributed by atoms with E-state index in [2.05, 4.69) is 52.7 Å². The molecule has 2 heterocycles. The minimum absolute atomic E-state index is 0. The summed E-state index contributed by atoms with van der Waals surface area (Å²) in [6, 6.07) is 2.75. The number of guanidine groups is 1. The lowest BCUT2D eigenvalue weighted by atomic mass is 10.0. The first-order valence-electron chi connectivity index (χ1n) is 8.33. The van der Waals surface area contributed by atoms with Gasteiger partial charge >= 0.3 is 0 Å². The summed E-state index contributed by atoms with van der Waals surface area (Å²) < 4.78 is 0. The SMILES string of the molecule is CN=C(NCc1sccc1C)NCC(C(C)C)N1CCCC1.I. The van der Waals surface area contributed by atoms with Gasteiger partial charge in [-0.15, -0.1) is 35.3 Å². The summed E-state index contributed by atoms with van der Waals surface area (Å²) in [5.41, 5.74) is 1.35. The molecule has 1 atom stereocenters. The minimum atomic E-state index is 0. The van der Waals surface area contributed by atoms with Crippen LogP contribution in [0.4, 0.5) is 0 Å². The number of hydrogen-bond acceptors (Lipinski definition) is 3. The summed E-state index contributed by atoms with van der Waals surface area (Å²) in [5.74, 6) is 1.56. The molecule has 23 heavy (non-hydrogen) atoms. The Kier molecular flexibility index (Phi) is 9.46. The zero-order valence-corrected chi connectivity index (χ0v) is 17.9. The maximum atomic E-state index is 4.36. The molecular formula is C17H31IN4S. The van der Waals surface area contributed by atoms with Gasteiger partial charge in [0, 0.05) is 24.5 Å². The number of thiophene rings is 1. The molecule has 1 unspecified atom stereocenters. The molecule has 0 aliphatic carbocycles. The van der Waals surface area contributed by atoms with Crippen molar-refractivity contribution in [1.82, 2.24) is 15.5 Å². The predicted octanol–water partition coefficient (Wildman–Crippen LogP) is 3.46. The summed E-state index contributed by atoms with van der Waals surface area (Å²) >= 11 is 1.80. The molecule has 6 heteroatoms. The second-order valence-corrected chi connectivity index (χ2v) is 7.39. The number of rotatable bonds is 6. The molecule has 0 aromatic carbocycles. The molecule has 1 aliphatic rings. The Bertz CT molecular complexity index is 481. The van der Waals surface area contributed by atoms with E-state index in [0.29, 0.717) is 12.0 Å². The van der Waals surface area contributed by atoms with Crippen molar-refractivity contribution in [3.8, 4) is 0 Å². The third-order valence-electron chi connectivity index (χ3n) is 4.47. The first kappa shape index (κ1) is 20.7. The summed E-state index contributed by atoms with van der Waals surface area (Å²) in [4.78, 5) is 8.35. The molecule has 1 saturated heterocycles. The van der Waals surface area contributed by atoms with Gasteiger partial charge in [0.2, 0.25) is 0 Å². The van der Waals surface area contributed by atoms with Gasteiger partial charge in [-0.1, -0.05) is 13.8 Å². The van der Waals surface area contributed by atoms with E-state index in [1.807, 2.05) is 7.05 Å². The van der Waals surface area contributed by atoms with Gasteiger partial charge in [0.05, 0.1) is 6.54 Å². The maximum Gasteiger partial charge on any atom is 0.191 e. The Hall–Kier alpha value is -0.340. The smallest absolute Gasteiger partial charge is 0.191 e. The van der Waals surface area contributed by atoms with E-state index in [9.17, 15) is 0 Å². The van der Waals surface area contributed by atoms with Gasteiger partial charge in [0.25, 0.3) is 0 Å². The largest absolute Gasteiger partial charge is 0.355 e. The van der Waals surface area contributed by atoms with Crippen LogP contribution in [0.2, 0.25) is 0 Å². The molecule has 1 aromatic heterocycles. The Morgan fingerprint density at radius 1 is 1.30 bits per heavy atom. The van der Waals surface area contributed by atoms with Gasteiger partial charge in [-0.3, -0.25) is 9.89 Å². The van der Waals surface area contributed by atoms with E-state index < -0.39 is 0 Å². The number of likely N-dealkylation sites (tertiary alicyclic amines) is 1. The average Bonchev–Trinajstić information content (AvgIpc) is 3.14. The molecule has 1 aliphatic heterocycles. The number of hydrogen-bond donors (Lipinski definition) is 2. The molecule has 0 radical (unpaired) electrons. The molecule has 4 nitrogen and oxygen atoms in total. The van der Waals surface area contributed by atoms with E-state index in [1.54, 1.807) is 11.3 Å². The molecule has 2 rings (SSSR count). The molecule has 0 spiro atoms. The monoisotopic (exact) mass is 450 g/mol. The van der Waals surface area contributed by atoms with Crippen molar-refractivity contribution in [2.24, 2.45) is 10.9 Å². The van der Waals surface area contributed by atoms with Crippen molar-refractivity contribution >= 4 is 41.3 Å². The molecule has 0 amide bonds. The van der Waals surface area contributed by atoms with Crippen LogP contribution in [0.3, 0.4) is 0 Å². The van der Waals surface area contributed by atoms with Crippen molar-refractivity contribution in [2.45, 2.75) is 46.2 Å². The second-order valence-electron chi connectivity index (χ2n) is 6.39. The van der Waals surface area contributed by atoms with Gasteiger partial charge in [-0.25, -0.2) is 0 Å². The summed E-state index contributed by atoms with van der Waals surface area (Å²) in [6.07, 6.45) is 2.68. The Balaban J connectivity index is 0.00000264. The van der Waals surface area contributed by atoms with Crippen LogP contribution < -0.4 is 10.6 Å². The van der Waals surface area contributed by atoms with Crippen molar-refractivity contribution in [3.05, 3.63) is 21.9 Å². The highest BCUT2D eigenvalue weighted by Gasteiger charge is 2.24. The fourth-order valence-electron chi connectivity index (χ4n) is 3.03. The lowest BCUT2D eigenvalue weighted by molar-refractivity contribution is 0.192. The highest BCUT2D eigenvalue weighted by atomic mass is 127. The van der Waals surface area contributed by atoms with Crippen LogP contribution in [0.5, 0.6) is 0 Å². The molecule has 2 N–H and O–H groups in total. The van der Waals surface area contributed by atoms with E-state index in [1.165, 1.54) is 36.4 Å². The third kappa shape index (κ3) is 6.23. The highest BCUT2D eigenvalue weighted by Crippen LogP contribution is 2.17. The Labute approximate surface area is 162 Å². The topological polar surface area (TPSA) is 39.7 Å². The number of halogens is 1. The van der Waals surface area contributed by atoms with Gasteiger partial charge in [0.15, 0.2) is 5.96 Å². The predicted molar refractivity (Wildman–Crippen MR) is 112 cm³/mol. The quantitative estimate of drug-likeness (QED) is 0.396. The number of aliphatic imine (C=N–C) groups is 1. The molecule has 132 valence electrons. The normalized spacial score (nSPS) is 17.2. The van der Waals surface area contributed by atoms with E-state index in [4.69, 9.17) is 0 Å². The molecular weight excluding hydrogens is 419 g/mol. The highest BCUT2D eigenvalue weighted by molar-refractivity contribution is 14.0. The summed E-state index contributed by atoms with van der Waals surface area (Å²) in [7, 11) is 1.84. The van der Waals surface area contributed by atoms with Gasteiger partial charge < -0.3 is 10.6 Å². The van der Waals surface area contributed by atoms with Crippen molar-refractivity contribution in [3.63, 3.8) is 0 Å². The lowest BCUT2D eigenvalue weighted by Crippen LogP contribution is -2.48. The Morgan fingerprint density at radius 3 is 2.52 bits per heavy atom. The van der Waals surface area contributed by atoms with Crippen molar-refractivity contribution in [2.75, 3.05) is 26.7 Å². The molecule has 1 aromatic rings. The van der Waals surface area contributed by atoms with Crippen LogP contribution in [0, 0.1) is 12.8 Å². The van der Waals surface area contributed by atoms with Crippen LogP contribution in [-0.4, -0.2) is 43.6 Å². The molecule has 0 bridgehead atoms. The number of aryl methyl sites for hydroxylation is 1. The van der Waals surface area contributed by atoms with Crippen LogP contribution in [-0.2, 0) is 6.54 Å². The van der Waals surface area contributed by atoms with Crippen LogP contribution >= 0.6 is 35.3 Å². The van der Waals surface area contributed by atoms with Crippen molar-refractivity contribution in [1.29, 1.82) is 0 Å². The molecule has 0 saturated carbocycles. The first-order chi connectivity index (χ1) is 10.6. The Morgan fingerprint density at radius 2 is 2.00 bits per heavy atom. The van der Waals surface area contributed by atoms with Crippen molar-refractivity contribution < 1.29 is 0 Å². The van der Waals surface area contributed by atoms with E-state index in [-0.39, 0.29) is 24.0 Å². The standard InChI is InChI=1S/C17H30N4S.HI/c1-13(2)15(21-8-5-6-9-21)11-19-17(18-4)20-12-16-14(3)7-10-22-16;/h7,10,13,15H,5-6,8-9,11-12H2,1-4H3,(H2,18,19,20);1H. The van der Waals surface area contributed by atoms with Gasteiger partial charge in [0.1, 0.15) is 0 Å². The van der Waals surface area contributed by atoms with E-state index in [0.717, 1.165) is 19.0 Å². The van der Waals surface area contributed by atoms with Crippen LogP contribution in [0.15, 0.2) is 16.4 Å². The fraction of sp³-hybridized carbons (Fsp3) is 0.706. The second kappa shape index (κ2) is 10.5. The van der Waals surface area contributed by atoms with Crippen LogP contribution in [0.1, 0.15) is 37.1 Å². The first-order valence-corrected chi connectivity index (χ1v) is 9.21. The van der Waals surface area contributed by atoms with Gasteiger partial charge in [-0.2, -0.15) is 0 Å². The summed E-state index contributed by atoms with van der Waals surface area (Å²) in [5, 5.41) is 9.08.